The Balaban J connectivity index is 1.62. The summed E-state index contributed by atoms with van der Waals surface area (Å²) in [4.78, 5) is 16.7. The fourth-order valence-electron chi connectivity index (χ4n) is 4.58. The fourth-order valence-corrected chi connectivity index (χ4v) is 4.71. The smallest absolute Gasteiger partial charge is 0.237 e. The molecule has 1 aliphatic heterocycles. The van der Waals surface area contributed by atoms with E-state index in [1.54, 1.807) is 13.3 Å². The maximum atomic E-state index is 9.60. The van der Waals surface area contributed by atoms with Crippen molar-refractivity contribution < 1.29 is 9.84 Å². The molecule has 1 aliphatic carbocycles. The van der Waals surface area contributed by atoms with Crippen LogP contribution in [0.25, 0.3) is 0 Å². The highest BCUT2D eigenvalue weighted by atomic mass is 35.5. The zero-order chi connectivity index (χ0) is 26.5. The van der Waals surface area contributed by atoms with Crippen molar-refractivity contribution in [3.8, 4) is 5.88 Å². The molecule has 3 aromatic rings. The second-order valence-electron chi connectivity index (χ2n) is 9.05. The number of nitrogens with one attached hydrogen (secondary N) is 1. The summed E-state index contributed by atoms with van der Waals surface area (Å²) in [5.41, 5.74) is 7.14. The highest BCUT2D eigenvalue weighted by Crippen LogP contribution is 2.39. The molecule has 0 fully saturated rings. The number of anilines is 3. The summed E-state index contributed by atoms with van der Waals surface area (Å²) in [6.45, 7) is 2.77. The maximum Gasteiger partial charge on any atom is 0.237 e. The predicted molar refractivity (Wildman–Crippen MR) is 156 cm³/mol. The Morgan fingerprint density at radius 2 is 1.92 bits per heavy atom. The van der Waals surface area contributed by atoms with Crippen molar-refractivity contribution in [2.75, 3.05) is 30.5 Å². The van der Waals surface area contributed by atoms with E-state index in [0.29, 0.717) is 23.9 Å². The summed E-state index contributed by atoms with van der Waals surface area (Å²) in [6, 6.07) is 19.7. The number of benzene rings is 2. The van der Waals surface area contributed by atoms with Gasteiger partial charge in [-0.1, -0.05) is 30.7 Å². The standard InChI is InChI=1S/C30H30ClN5O2/c1-3-22(14-16-37)33-27-17-20-19-36(23-12-10-21(31)11-13-23)29-9-5-4-7-24(29)34-26(20)18-28(27)35-25-8-6-15-32-30(25)38-2/h4-13,15,17-18,22,35,37H,3,14,16,19H2,1-2H3. The van der Waals surface area contributed by atoms with Gasteiger partial charge in [0, 0.05) is 23.5 Å². The number of halogens is 1. The molecule has 2 heterocycles. The number of para-hydroxylation sites is 2. The summed E-state index contributed by atoms with van der Waals surface area (Å²) >= 11 is 6.19. The minimum absolute atomic E-state index is 0.0123. The van der Waals surface area contributed by atoms with Crippen LogP contribution in [0.4, 0.5) is 22.7 Å². The van der Waals surface area contributed by atoms with E-state index in [4.69, 9.17) is 26.3 Å². The van der Waals surface area contributed by atoms with Gasteiger partial charge in [-0.3, -0.25) is 4.99 Å². The maximum absolute atomic E-state index is 9.60. The molecule has 1 aromatic heterocycles. The number of fused-ring (bicyclic) bond motifs is 2. The number of allylic oxidation sites excluding steroid dienone is 2. The first kappa shape index (κ1) is 25.7. The minimum Gasteiger partial charge on any atom is -0.480 e. The highest BCUT2D eigenvalue weighted by molar-refractivity contribution is 6.30. The molecule has 1 atom stereocenters. The van der Waals surface area contributed by atoms with Crippen molar-refractivity contribution in [1.29, 1.82) is 0 Å². The van der Waals surface area contributed by atoms with Gasteiger partial charge < -0.3 is 20.1 Å². The molecule has 8 heteroatoms. The van der Waals surface area contributed by atoms with E-state index in [0.717, 1.165) is 51.9 Å². The van der Waals surface area contributed by atoms with E-state index in [9.17, 15) is 5.11 Å². The van der Waals surface area contributed by atoms with Gasteiger partial charge in [0.25, 0.3) is 0 Å². The monoisotopic (exact) mass is 527 g/mol. The number of nitrogens with zero attached hydrogens (tertiary/aromatic N) is 4. The van der Waals surface area contributed by atoms with Crippen LogP contribution in [0.5, 0.6) is 5.88 Å². The van der Waals surface area contributed by atoms with Crippen molar-refractivity contribution in [2.45, 2.75) is 25.8 Å². The molecule has 5 rings (SSSR count). The molecule has 0 spiro atoms. The van der Waals surface area contributed by atoms with Gasteiger partial charge in [-0.15, -0.1) is 0 Å². The Labute approximate surface area is 227 Å². The summed E-state index contributed by atoms with van der Waals surface area (Å²) in [5, 5.41) is 13.8. The average Bonchev–Trinajstić information content (AvgIpc) is 3.10. The normalized spacial score (nSPS) is 16.5. The van der Waals surface area contributed by atoms with Crippen LogP contribution in [0.1, 0.15) is 19.8 Å². The molecule has 0 saturated heterocycles. The van der Waals surface area contributed by atoms with Crippen LogP contribution in [0.15, 0.2) is 100 Å². The van der Waals surface area contributed by atoms with Gasteiger partial charge in [-0.2, -0.15) is 0 Å². The van der Waals surface area contributed by atoms with Crippen LogP contribution in [-0.2, 0) is 0 Å². The number of pyridine rings is 1. The summed E-state index contributed by atoms with van der Waals surface area (Å²) in [6.07, 6.45) is 7.24. The van der Waals surface area contributed by atoms with E-state index >= 15 is 0 Å². The summed E-state index contributed by atoms with van der Waals surface area (Å²) in [5.74, 6) is 0.493. The number of aliphatic hydroxyl groups excluding tert-OH is 1. The number of rotatable bonds is 8. The topological polar surface area (TPSA) is 82.3 Å². The number of ether oxygens (including phenoxy) is 1. The van der Waals surface area contributed by atoms with Gasteiger partial charge in [0.15, 0.2) is 0 Å². The highest BCUT2D eigenvalue weighted by Gasteiger charge is 2.26. The molecule has 2 N–H and O–H groups in total. The molecule has 0 amide bonds. The molecule has 0 saturated carbocycles. The van der Waals surface area contributed by atoms with Crippen molar-refractivity contribution in [3.05, 3.63) is 95.3 Å². The Hall–Kier alpha value is -3.94. The number of methoxy groups -OCH3 is 1. The minimum atomic E-state index is -0.0123. The van der Waals surface area contributed by atoms with Crippen LogP contribution in [0, 0.1) is 0 Å². The third-order valence-electron chi connectivity index (χ3n) is 6.57. The molecule has 2 aliphatic rings. The van der Waals surface area contributed by atoms with Crippen LogP contribution < -0.4 is 15.0 Å². The van der Waals surface area contributed by atoms with Gasteiger partial charge in [-0.05, 0) is 79.1 Å². The van der Waals surface area contributed by atoms with Crippen LogP contribution in [0.2, 0.25) is 5.02 Å². The molecule has 0 bridgehead atoms. The second kappa shape index (κ2) is 11.6. The van der Waals surface area contributed by atoms with E-state index in [2.05, 4.69) is 34.3 Å². The number of aliphatic hydroxyl groups is 1. The molecular formula is C30H30ClN5O2. The van der Waals surface area contributed by atoms with Crippen LogP contribution in [0.3, 0.4) is 0 Å². The lowest BCUT2D eigenvalue weighted by Gasteiger charge is -2.27. The van der Waals surface area contributed by atoms with Crippen LogP contribution in [-0.4, -0.2) is 47.8 Å². The van der Waals surface area contributed by atoms with E-state index in [-0.39, 0.29) is 12.6 Å². The molecule has 2 aromatic carbocycles. The van der Waals surface area contributed by atoms with Crippen molar-refractivity contribution in [2.24, 2.45) is 9.98 Å². The van der Waals surface area contributed by atoms with E-state index in [1.807, 2.05) is 60.7 Å². The second-order valence-corrected chi connectivity index (χ2v) is 9.49. The van der Waals surface area contributed by atoms with Crippen LogP contribution >= 0.6 is 11.6 Å². The van der Waals surface area contributed by atoms with Gasteiger partial charge in [0.1, 0.15) is 5.69 Å². The van der Waals surface area contributed by atoms with Crippen molar-refractivity contribution >= 4 is 45.8 Å². The fraction of sp³-hybridized carbons (Fsp3) is 0.233. The Morgan fingerprint density at radius 3 is 2.68 bits per heavy atom. The SMILES string of the molecule is CCC(CCO)N=C1C=C2CN(c3ccc(Cl)cc3)c3ccccc3N=C2C=C1Nc1cccnc1OC. The lowest BCUT2D eigenvalue weighted by atomic mass is 9.98. The zero-order valence-corrected chi connectivity index (χ0v) is 22.2. The van der Waals surface area contributed by atoms with E-state index in [1.165, 1.54) is 0 Å². The summed E-state index contributed by atoms with van der Waals surface area (Å²) < 4.78 is 5.47. The Kier molecular flexibility index (Phi) is 7.86. The third kappa shape index (κ3) is 5.49. The average molecular weight is 528 g/mol. The quantitative estimate of drug-likeness (QED) is 0.326. The van der Waals surface area contributed by atoms with Gasteiger partial charge in [0.05, 0.1) is 48.2 Å². The van der Waals surface area contributed by atoms with Crippen molar-refractivity contribution in [1.82, 2.24) is 4.98 Å². The van der Waals surface area contributed by atoms with Crippen molar-refractivity contribution in [3.63, 3.8) is 0 Å². The lowest BCUT2D eigenvalue weighted by Crippen LogP contribution is -2.26. The molecule has 38 heavy (non-hydrogen) atoms. The predicted octanol–water partition coefficient (Wildman–Crippen LogP) is 6.51. The van der Waals surface area contributed by atoms with Gasteiger partial charge in [-0.25, -0.2) is 9.98 Å². The number of hydrogen-bond donors (Lipinski definition) is 2. The first-order valence-electron chi connectivity index (χ1n) is 12.7. The lowest BCUT2D eigenvalue weighted by molar-refractivity contribution is 0.275. The largest absolute Gasteiger partial charge is 0.480 e. The molecule has 0 radical (unpaired) electrons. The van der Waals surface area contributed by atoms with Gasteiger partial charge >= 0.3 is 0 Å². The number of aromatic nitrogens is 1. The first-order chi connectivity index (χ1) is 18.6. The summed E-state index contributed by atoms with van der Waals surface area (Å²) in [7, 11) is 1.60. The molecule has 1 unspecified atom stereocenters. The number of aliphatic imine (C=N–C) groups is 2. The van der Waals surface area contributed by atoms with E-state index < -0.39 is 0 Å². The first-order valence-corrected chi connectivity index (χ1v) is 13.1. The zero-order valence-electron chi connectivity index (χ0n) is 21.4. The Morgan fingerprint density at radius 1 is 1.11 bits per heavy atom. The number of hydrogen-bond acceptors (Lipinski definition) is 7. The third-order valence-corrected chi connectivity index (χ3v) is 6.82. The van der Waals surface area contributed by atoms with Gasteiger partial charge in [0.2, 0.25) is 5.88 Å². The molecule has 7 nitrogen and oxygen atoms in total. The molecular weight excluding hydrogens is 498 g/mol. The molecule has 194 valence electrons. The Bertz CT molecular complexity index is 1430.